The van der Waals surface area contributed by atoms with Gasteiger partial charge >= 0.3 is 5.97 Å². The number of fused-ring (bicyclic) bond motifs is 1. The van der Waals surface area contributed by atoms with Crippen LogP contribution in [0, 0.1) is 0 Å². The van der Waals surface area contributed by atoms with Gasteiger partial charge in [0.2, 0.25) is 0 Å². The minimum atomic E-state index is -0.941. The lowest BCUT2D eigenvalue weighted by Crippen LogP contribution is -1.96. The van der Waals surface area contributed by atoms with Gasteiger partial charge in [-0.05, 0) is 29.3 Å². The van der Waals surface area contributed by atoms with Crippen LogP contribution in [-0.2, 0) is 0 Å². The number of benzene rings is 2. The van der Waals surface area contributed by atoms with Crippen molar-refractivity contribution < 1.29 is 9.90 Å². The molecule has 4 rings (SSSR count). The number of hydrogen-bond donors (Lipinski definition) is 2. The minimum Gasteiger partial charge on any atom is -0.478 e. The van der Waals surface area contributed by atoms with Crippen molar-refractivity contribution in [1.29, 1.82) is 0 Å². The second-order valence-electron chi connectivity index (χ2n) is 5.43. The lowest BCUT2D eigenvalue weighted by Gasteiger charge is -2.09. The molecule has 0 saturated heterocycles. The molecule has 0 saturated carbocycles. The molecule has 0 fully saturated rings. The molecule has 0 aliphatic rings. The molecule has 0 bridgehead atoms. The van der Waals surface area contributed by atoms with Crippen LogP contribution in [0.4, 0.5) is 0 Å². The molecular formula is C19H13N3O2. The normalized spacial score (nSPS) is 10.8. The largest absolute Gasteiger partial charge is 0.478 e. The first-order chi connectivity index (χ1) is 11.7. The summed E-state index contributed by atoms with van der Waals surface area (Å²) in [5.41, 5.74) is 4.67. The van der Waals surface area contributed by atoms with Gasteiger partial charge in [0.25, 0.3) is 0 Å². The SMILES string of the molecule is O=C(O)c1cccc(-c2ccccc2-c2n[nH]c3ccncc23)c1. The average Bonchev–Trinajstić information content (AvgIpc) is 3.06. The topological polar surface area (TPSA) is 78.9 Å². The molecule has 0 unspecified atom stereocenters. The third-order valence-corrected chi connectivity index (χ3v) is 3.97. The van der Waals surface area contributed by atoms with Gasteiger partial charge in [-0.15, -0.1) is 0 Å². The van der Waals surface area contributed by atoms with Crippen LogP contribution in [0.2, 0.25) is 0 Å². The zero-order valence-corrected chi connectivity index (χ0v) is 12.6. The van der Waals surface area contributed by atoms with E-state index in [4.69, 9.17) is 0 Å². The molecular weight excluding hydrogens is 302 g/mol. The second kappa shape index (κ2) is 5.62. The van der Waals surface area contributed by atoms with Crippen LogP contribution in [0.5, 0.6) is 0 Å². The molecule has 5 nitrogen and oxygen atoms in total. The van der Waals surface area contributed by atoms with Crippen molar-refractivity contribution in [2.75, 3.05) is 0 Å². The number of carboxylic acids is 1. The number of pyridine rings is 1. The molecule has 0 aliphatic heterocycles. The summed E-state index contributed by atoms with van der Waals surface area (Å²) in [6.45, 7) is 0. The maximum absolute atomic E-state index is 11.2. The molecule has 24 heavy (non-hydrogen) atoms. The van der Waals surface area contributed by atoms with Crippen LogP contribution in [0.3, 0.4) is 0 Å². The molecule has 2 aromatic carbocycles. The maximum Gasteiger partial charge on any atom is 0.335 e. The van der Waals surface area contributed by atoms with E-state index in [1.807, 2.05) is 36.4 Å². The number of aromatic carboxylic acids is 1. The highest BCUT2D eigenvalue weighted by Gasteiger charge is 2.14. The predicted molar refractivity (Wildman–Crippen MR) is 91.7 cm³/mol. The molecule has 116 valence electrons. The van der Waals surface area contributed by atoms with Crippen LogP contribution >= 0.6 is 0 Å². The van der Waals surface area contributed by atoms with E-state index in [1.54, 1.807) is 30.6 Å². The standard InChI is InChI=1S/C19H13N3O2/c23-19(24)13-5-3-4-12(10-13)14-6-1-2-7-15(14)18-16-11-20-9-8-17(16)21-22-18/h1-11H,(H,21,22)(H,23,24). The Kier molecular flexibility index (Phi) is 3.31. The van der Waals surface area contributed by atoms with Crippen molar-refractivity contribution in [3.8, 4) is 22.4 Å². The fourth-order valence-corrected chi connectivity index (χ4v) is 2.82. The Morgan fingerprint density at radius 2 is 1.83 bits per heavy atom. The summed E-state index contributed by atoms with van der Waals surface area (Å²) >= 11 is 0. The first-order valence-corrected chi connectivity index (χ1v) is 7.45. The number of H-pyrrole nitrogens is 1. The number of carboxylic acid groups (broad SMARTS) is 1. The van der Waals surface area contributed by atoms with Gasteiger partial charge in [0.05, 0.1) is 11.1 Å². The third-order valence-electron chi connectivity index (χ3n) is 3.97. The fraction of sp³-hybridized carbons (Fsp3) is 0. The monoisotopic (exact) mass is 315 g/mol. The number of rotatable bonds is 3. The summed E-state index contributed by atoms with van der Waals surface area (Å²) in [4.78, 5) is 15.4. The van der Waals surface area contributed by atoms with Gasteiger partial charge in [-0.25, -0.2) is 4.79 Å². The van der Waals surface area contributed by atoms with Gasteiger partial charge in [-0.3, -0.25) is 10.1 Å². The molecule has 0 aliphatic carbocycles. The zero-order valence-electron chi connectivity index (χ0n) is 12.6. The lowest BCUT2D eigenvalue weighted by atomic mass is 9.95. The molecule has 2 N–H and O–H groups in total. The second-order valence-corrected chi connectivity index (χ2v) is 5.43. The highest BCUT2D eigenvalue weighted by atomic mass is 16.4. The summed E-state index contributed by atoms with van der Waals surface area (Å²) in [6, 6.07) is 16.6. The molecule has 0 atom stereocenters. The first kappa shape index (κ1) is 14.1. The predicted octanol–water partition coefficient (Wildman–Crippen LogP) is 3.99. The van der Waals surface area contributed by atoms with E-state index in [0.29, 0.717) is 0 Å². The van der Waals surface area contributed by atoms with E-state index in [9.17, 15) is 9.90 Å². The van der Waals surface area contributed by atoms with Gasteiger partial charge in [-0.2, -0.15) is 5.10 Å². The van der Waals surface area contributed by atoms with E-state index in [-0.39, 0.29) is 5.56 Å². The van der Waals surface area contributed by atoms with E-state index in [0.717, 1.165) is 33.3 Å². The smallest absolute Gasteiger partial charge is 0.335 e. The van der Waals surface area contributed by atoms with Crippen molar-refractivity contribution >= 4 is 16.9 Å². The van der Waals surface area contributed by atoms with Crippen LogP contribution < -0.4 is 0 Å². The van der Waals surface area contributed by atoms with Gasteiger partial charge in [0.1, 0.15) is 5.69 Å². The maximum atomic E-state index is 11.2. The number of nitrogens with one attached hydrogen (secondary N) is 1. The summed E-state index contributed by atoms with van der Waals surface area (Å²) in [5, 5.41) is 17.6. The Balaban J connectivity index is 1.93. The van der Waals surface area contributed by atoms with Gasteiger partial charge in [0.15, 0.2) is 0 Å². The summed E-state index contributed by atoms with van der Waals surface area (Å²) in [5.74, 6) is -0.941. The van der Waals surface area contributed by atoms with Gasteiger partial charge in [-0.1, -0.05) is 36.4 Å². The molecule has 0 radical (unpaired) electrons. The van der Waals surface area contributed by atoms with E-state index in [1.165, 1.54) is 0 Å². The summed E-state index contributed by atoms with van der Waals surface area (Å²) in [6.07, 6.45) is 3.49. The van der Waals surface area contributed by atoms with E-state index >= 15 is 0 Å². The van der Waals surface area contributed by atoms with Crippen LogP contribution in [0.25, 0.3) is 33.3 Å². The van der Waals surface area contributed by atoms with Gasteiger partial charge in [0, 0.05) is 23.3 Å². The first-order valence-electron chi connectivity index (χ1n) is 7.45. The molecule has 2 aromatic heterocycles. The van der Waals surface area contributed by atoms with Crippen LogP contribution in [-0.4, -0.2) is 26.3 Å². The number of aromatic nitrogens is 3. The Morgan fingerprint density at radius 1 is 1.00 bits per heavy atom. The third kappa shape index (κ3) is 2.32. The van der Waals surface area contributed by atoms with Crippen molar-refractivity contribution in [3.63, 3.8) is 0 Å². The molecule has 2 heterocycles. The molecule has 4 aromatic rings. The van der Waals surface area contributed by atoms with Crippen LogP contribution in [0.1, 0.15) is 10.4 Å². The highest BCUT2D eigenvalue weighted by Crippen LogP contribution is 2.34. The van der Waals surface area contributed by atoms with Crippen molar-refractivity contribution in [1.82, 2.24) is 15.2 Å². The molecule has 5 heteroatoms. The number of aromatic amines is 1. The van der Waals surface area contributed by atoms with Crippen molar-refractivity contribution in [3.05, 3.63) is 72.6 Å². The number of carbonyl (C=O) groups is 1. The Hall–Kier alpha value is -3.47. The highest BCUT2D eigenvalue weighted by molar-refractivity contribution is 5.97. The summed E-state index contributed by atoms with van der Waals surface area (Å²) < 4.78 is 0. The fourth-order valence-electron chi connectivity index (χ4n) is 2.82. The van der Waals surface area contributed by atoms with E-state index < -0.39 is 5.97 Å². The average molecular weight is 315 g/mol. The lowest BCUT2D eigenvalue weighted by molar-refractivity contribution is 0.0697. The molecule has 0 amide bonds. The number of hydrogen-bond acceptors (Lipinski definition) is 3. The Labute approximate surface area is 137 Å². The van der Waals surface area contributed by atoms with E-state index in [2.05, 4.69) is 15.2 Å². The Morgan fingerprint density at radius 3 is 2.67 bits per heavy atom. The number of nitrogens with zero attached hydrogens (tertiary/aromatic N) is 2. The zero-order chi connectivity index (χ0) is 16.5. The minimum absolute atomic E-state index is 0.260. The Bertz CT molecular complexity index is 1050. The summed E-state index contributed by atoms with van der Waals surface area (Å²) in [7, 11) is 0. The molecule has 0 spiro atoms. The quantitative estimate of drug-likeness (QED) is 0.599. The van der Waals surface area contributed by atoms with Crippen LogP contribution in [0.15, 0.2) is 67.0 Å². The van der Waals surface area contributed by atoms with Gasteiger partial charge < -0.3 is 5.11 Å². The van der Waals surface area contributed by atoms with Crippen molar-refractivity contribution in [2.45, 2.75) is 0 Å². The van der Waals surface area contributed by atoms with Crippen molar-refractivity contribution in [2.24, 2.45) is 0 Å².